The molecule has 66 valence electrons. The Morgan fingerprint density at radius 3 is 2.55 bits per heavy atom. The quantitative estimate of drug-likeness (QED) is 0.703. The van der Waals surface area contributed by atoms with Gasteiger partial charge in [0.2, 0.25) is 0 Å². The molecule has 0 aromatic carbocycles. The van der Waals surface area contributed by atoms with E-state index >= 15 is 0 Å². The van der Waals surface area contributed by atoms with Crippen LogP contribution in [0.1, 0.15) is 26.2 Å². The first-order valence-corrected chi connectivity index (χ1v) is 4.08. The molecule has 3 heteroatoms. The number of hydrogen-bond acceptors (Lipinski definition) is 2. The molecule has 2 nitrogen and oxygen atoms in total. The molecule has 0 radical (unpaired) electrons. The second kappa shape index (κ2) is 5.56. The molecular formula is C8H16ClNO. The Balaban J connectivity index is 0.000001000. The third-order valence-electron chi connectivity index (χ3n) is 2.01. The van der Waals surface area contributed by atoms with Crippen LogP contribution in [0.2, 0.25) is 0 Å². The molecule has 1 rings (SSSR count). The van der Waals surface area contributed by atoms with E-state index in [4.69, 9.17) is 0 Å². The first-order valence-electron chi connectivity index (χ1n) is 4.08. The zero-order valence-corrected chi connectivity index (χ0v) is 7.75. The van der Waals surface area contributed by atoms with Crippen LogP contribution in [-0.2, 0) is 4.79 Å². The Hall–Kier alpha value is -0.0800. The van der Waals surface area contributed by atoms with Gasteiger partial charge in [-0.3, -0.25) is 4.79 Å². The number of hydrogen-bond donors (Lipinski definition) is 1. The SMILES string of the molecule is CCCCC(=O)C1CNC1.Cl. The molecule has 0 aliphatic carbocycles. The number of rotatable bonds is 4. The molecule has 0 unspecified atom stereocenters. The van der Waals surface area contributed by atoms with Gasteiger partial charge in [0.05, 0.1) is 0 Å². The second-order valence-corrected chi connectivity index (χ2v) is 2.93. The van der Waals surface area contributed by atoms with Crippen LogP contribution in [0.15, 0.2) is 0 Å². The number of carbonyl (C=O) groups excluding carboxylic acids is 1. The minimum absolute atomic E-state index is 0. The fraction of sp³-hybridized carbons (Fsp3) is 0.875. The van der Waals surface area contributed by atoms with Gasteiger partial charge < -0.3 is 5.32 Å². The van der Waals surface area contributed by atoms with E-state index in [1.807, 2.05) is 0 Å². The van der Waals surface area contributed by atoms with Crippen LogP contribution in [0.3, 0.4) is 0 Å². The van der Waals surface area contributed by atoms with Crippen molar-refractivity contribution in [1.29, 1.82) is 0 Å². The lowest BCUT2D eigenvalue weighted by Crippen LogP contribution is -2.46. The van der Waals surface area contributed by atoms with Crippen molar-refractivity contribution >= 4 is 18.2 Å². The van der Waals surface area contributed by atoms with Crippen LogP contribution in [0, 0.1) is 5.92 Å². The molecule has 0 aromatic rings. The Morgan fingerprint density at radius 1 is 1.55 bits per heavy atom. The average molecular weight is 178 g/mol. The standard InChI is InChI=1S/C8H15NO.ClH/c1-2-3-4-8(10)7-5-9-6-7;/h7,9H,2-6H2,1H3;1H. The molecule has 1 aliphatic heterocycles. The van der Waals surface area contributed by atoms with Crippen LogP contribution in [0.25, 0.3) is 0 Å². The summed E-state index contributed by atoms with van der Waals surface area (Å²) in [5.41, 5.74) is 0. The summed E-state index contributed by atoms with van der Waals surface area (Å²) in [6.07, 6.45) is 2.99. The maximum atomic E-state index is 11.1. The van der Waals surface area contributed by atoms with E-state index in [1.165, 1.54) is 0 Å². The van der Waals surface area contributed by atoms with Gasteiger partial charge in [-0.25, -0.2) is 0 Å². The topological polar surface area (TPSA) is 29.1 Å². The third-order valence-corrected chi connectivity index (χ3v) is 2.01. The number of Topliss-reactive ketones (excluding diaryl/α,β-unsaturated/α-hetero) is 1. The molecule has 1 aliphatic rings. The van der Waals surface area contributed by atoms with Gasteiger partial charge in [0.15, 0.2) is 0 Å². The third kappa shape index (κ3) is 3.21. The minimum atomic E-state index is 0. The van der Waals surface area contributed by atoms with E-state index in [-0.39, 0.29) is 12.4 Å². The van der Waals surface area contributed by atoms with Crippen molar-refractivity contribution in [3.05, 3.63) is 0 Å². The lowest BCUT2D eigenvalue weighted by Gasteiger charge is -2.25. The van der Waals surface area contributed by atoms with Crippen molar-refractivity contribution in [2.75, 3.05) is 13.1 Å². The lowest BCUT2D eigenvalue weighted by molar-refractivity contribution is -0.124. The average Bonchev–Trinajstić information content (AvgIpc) is 1.79. The number of halogens is 1. The molecule has 1 heterocycles. The number of nitrogens with one attached hydrogen (secondary N) is 1. The first kappa shape index (κ1) is 10.9. The van der Waals surface area contributed by atoms with Crippen molar-refractivity contribution in [2.45, 2.75) is 26.2 Å². The zero-order chi connectivity index (χ0) is 7.40. The van der Waals surface area contributed by atoms with Crippen molar-refractivity contribution in [3.63, 3.8) is 0 Å². The first-order chi connectivity index (χ1) is 4.84. The summed E-state index contributed by atoms with van der Waals surface area (Å²) in [7, 11) is 0. The normalized spacial score (nSPS) is 16.8. The predicted molar refractivity (Wildman–Crippen MR) is 48.1 cm³/mol. The molecule has 0 amide bonds. The monoisotopic (exact) mass is 177 g/mol. The van der Waals surface area contributed by atoms with Gasteiger partial charge in [-0.2, -0.15) is 0 Å². The molecule has 0 spiro atoms. The molecule has 1 saturated heterocycles. The number of ketones is 1. The highest BCUT2D eigenvalue weighted by atomic mass is 35.5. The second-order valence-electron chi connectivity index (χ2n) is 2.93. The summed E-state index contributed by atoms with van der Waals surface area (Å²) in [6, 6.07) is 0. The smallest absolute Gasteiger partial charge is 0.138 e. The fourth-order valence-corrected chi connectivity index (χ4v) is 1.07. The molecule has 0 bridgehead atoms. The molecule has 1 fully saturated rings. The van der Waals surface area contributed by atoms with Crippen LogP contribution in [0.4, 0.5) is 0 Å². The van der Waals surface area contributed by atoms with E-state index in [0.29, 0.717) is 11.7 Å². The van der Waals surface area contributed by atoms with Gasteiger partial charge in [-0.1, -0.05) is 13.3 Å². The van der Waals surface area contributed by atoms with E-state index in [0.717, 1.165) is 32.4 Å². The van der Waals surface area contributed by atoms with E-state index < -0.39 is 0 Å². The van der Waals surface area contributed by atoms with Crippen molar-refractivity contribution in [3.8, 4) is 0 Å². The summed E-state index contributed by atoms with van der Waals surface area (Å²) < 4.78 is 0. The maximum Gasteiger partial charge on any atom is 0.138 e. The molecule has 11 heavy (non-hydrogen) atoms. The van der Waals surface area contributed by atoms with E-state index in [9.17, 15) is 4.79 Å². The van der Waals surface area contributed by atoms with Gasteiger partial charge in [0, 0.05) is 25.4 Å². The van der Waals surface area contributed by atoms with Crippen LogP contribution in [-0.4, -0.2) is 18.9 Å². The Bertz CT molecular complexity index is 123. The summed E-state index contributed by atoms with van der Waals surface area (Å²) in [5.74, 6) is 0.812. The number of carbonyl (C=O) groups is 1. The van der Waals surface area contributed by atoms with Crippen LogP contribution < -0.4 is 5.32 Å². The fourth-order valence-electron chi connectivity index (χ4n) is 1.07. The summed E-state index contributed by atoms with van der Waals surface area (Å²) in [6.45, 7) is 3.96. The molecule has 0 aromatic heterocycles. The lowest BCUT2D eigenvalue weighted by atomic mass is 9.95. The molecular weight excluding hydrogens is 162 g/mol. The highest BCUT2D eigenvalue weighted by molar-refractivity contribution is 5.85. The summed E-state index contributed by atoms with van der Waals surface area (Å²) in [5, 5.41) is 3.10. The largest absolute Gasteiger partial charge is 0.315 e. The van der Waals surface area contributed by atoms with Crippen LogP contribution in [0.5, 0.6) is 0 Å². The van der Waals surface area contributed by atoms with Crippen LogP contribution >= 0.6 is 12.4 Å². The van der Waals surface area contributed by atoms with Gasteiger partial charge >= 0.3 is 0 Å². The predicted octanol–water partition coefficient (Wildman–Crippen LogP) is 1.39. The van der Waals surface area contributed by atoms with Crippen molar-refractivity contribution in [2.24, 2.45) is 5.92 Å². The highest BCUT2D eigenvalue weighted by Crippen LogP contribution is 2.09. The molecule has 1 N–H and O–H groups in total. The molecule has 0 saturated carbocycles. The van der Waals surface area contributed by atoms with Crippen molar-refractivity contribution in [1.82, 2.24) is 5.32 Å². The van der Waals surface area contributed by atoms with Crippen molar-refractivity contribution < 1.29 is 4.79 Å². The van der Waals surface area contributed by atoms with Gasteiger partial charge in [0.1, 0.15) is 5.78 Å². The Labute approximate surface area is 74.2 Å². The molecule has 0 atom stereocenters. The summed E-state index contributed by atoms with van der Waals surface area (Å²) >= 11 is 0. The minimum Gasteiger partial charge on any atom is -0.315 e. The summed E-state index contributed by atoms with van der Waals surface area (Å²) in [4.78, 5) is 11.1. The number of unbranched alkanes of at least 4 members (excludes halogenated alkanes) is 1. The van der Waals surface area contributed by atoms with E-state index in [2.05, 4.69) is 12.2 Å². The highest BCUT2D eigenvalue weighted by Gasteiger charge is 2.23. The van der Waals surface area contributed by atoms with E-state index in [1.54, 1.807) is 0 Å². The zero-order valence-electron chi connectivity index (χ0n) is 6.93. The van der Waals surface area contributed by atoms with Gasteiger partial charge in [-0.05, 0) is 6.42 Å². The Kier molecular flexibility index (Phi) is 5.51. The van der Waals surface area contributed by atoms with Gasteiger partial charge in [-0.15, -0.1) is 12.4 Å². The maximum absolute atomic E-state index is 11.1. The van der Waals surface area contributed by atoms with Gasteiger partial charge in [0.25, 0.3) is 0 Å². The Morgan fingerprint density at radius 2 is 2.18 bits per heavy atom.